The first-order valence-electron chi connectivity index (χ1n) is 8.70. The molecule has 0 amide bonds. The number of aliphatic hydroxyl groups is 1. The minimum atomic E-state index is -3.82. The third-order valence-corrected chi connectivity index (χ3v) is 6.99. The molecular formula is C20H19ClN2O3S. The van der Waals surface area contributed by atoms with E-state index in [1.807, 2.05) is 6.92 Å². The van der Waals surface area contributed by atoms with Gasteiger partial charge in [0.1, 0.15) is 5.60 Å². The lowest BCUT2D eigenvalue weighted by atomic mass is 9.78. The van der Waals surface area contributed by atoms with Crippen LogP contribution in [0.15, 0.2) is 59.6 Å². The van der Waals surface area contributed by atoms with Crippen molar-refractivity contribution in [3.05, 3.63) is 82.1 Å². The van der Waals surface area contributed by atoms with Crippen LogP contribution in [0, 0.1) is 6.92 Å². The van der Waals surface area contributed by atoms with Gasteiger partial charge in [-0.15, -0.1) is 0 Å². The van der Waals surface area contributed by atoms with Crippen molar-refractivity contribution in [3.63, 3.8) is 0 Å². The van der Waals surface area contributed by atoms with Gasteiger partial charge in [-0.3, -0.25) is 0 Å². The molecule has 0 aliphatic heterocycles. The van der Waals surface area contributed by atoms with E-state index in [-0.39, 0.29) is 4.90 Å². The van der Waals surface area contributed by atoms with Gasteiger partial charge in [-0.05, 0) is 56.0 Å². The van der Waals surface area contributed by atoms with E-state index in [1.54, 1.807) is 48.5 Å². The quantitative estimate of drug-likeness (QED) is 0.725. The van der Waals surface area contributed by atoms with Crippen LogP contribution in [-0.4, -0.2) is 22.7 Å². The van der Waals surface area contributed by atoms with Crippen LogP contribution in [0.1, 0.15) is 35.2 Å². The number of nitrogens with zero attached hydrogens (tertiary/aromatic N) is 2. The standard InChI is InChI=1S/C20H19ClN2O3S/c1-14-4-10-17(11-5-14)27(25,26)23-19-3-2-12-20(24,18(19)13-22-23)15-6-8-16(21)9-7-15/h4-11,13,24H,2-3,12H2,1H3. The van der Waals surface area contributed by atoms with Crippen LogP contribution in [0.25, 0.3) is 0 Å². The van der Waals surface area contributed by atoms with Crippen LogP contribution < -0.4 is 0 Å². The van der Waals surface area contributed by atoms with Crippen molar-refractivity contribution in [1.29, 1.82) is 0 Å². The molecule has 1 aliphatic carbocycles. The molecule has 5 nitrogen and oxygen atoms in total. The van der Waals surface area contributed by atoms with Crippen LogP contribution in [0.4, 0.5) is 0 Å². The molecule has 0 radical (unpaired) electrons. The molecule has 0 bridgehead atoms. The van der Waals surface area contributed by atoms with Crippen LogP contribution in [0.5, 0.6) is 0 Å². The van der Waals surface area contributed by atoms with Crippen molar-refractivity contribution in [2.45, 2.75) is 36.7 Å². The predicted molar refractivity (Wildman–Crippen MR) is 103 cm³/mol. The molecule has 3 aromatic rings. The summed E-state index contributed by atoms with van der Waals surface area (Å²) in [5.74, 6) is 0. The molecule has 2 aromatic carbocycles. The molecule has 0 saturated carbocycles. The maximum atomic E-state index is 13.1. The fourth-order valence-electron chi connectivity index (χ4n) is 3.62. The Morgan fingerprint density at radius 1 is 1.11 bits per heavy atom. The Kier molecular flexibility index (Phi) is 4.37. The van der Waals surface area contributed by atoms with Gasteiger partial charge >= 0.3 is 0 Å². The fraction of sp³-hybridized carbons (Fsp3) is 0.250. The fourth-order valence-corrected chi connectivity index (χ4v) is 5.08. The van der Waals surface area contributed by atoms with E-state index in [0.717, 1.165) is 9.65 Å². The lowest BCUT2D eigenvalue weighted by molar-refractivity contribution is 0.0614. The van der Waals surface area contributed by atoms with Gasteiger partial charge in [-0.2, -0.15) is 17.6 Å². The molecule has 1 aromatic heterocycles. The second-order valence-corrected chi connectivity index (χ2v) is 9.09. The number of hydrogen-bond acceptors (Lipinski definition) is 4. The lowest BCUT2D eigenvalue weighted by Crippen LogP contribution is -2.32. The topological polar surface area (TPSA) is 72.2 Å². The van der Waals surface area contributed by atoms with Gasteiger partial charge in [0, 0.05) is 10.6 Å². The molecule has 27 heavy (non-hydrogen) atoms. The predicted octanol–water partition coefficient (Wildman–Crippen LogP) is 3.65. The van der Waals surface area contributed by atoms with Gasteiger partial charge in [0.25, 0.3) is 10.0 Å². The number of aryl methyl sites for hydroxylation is 1. The largest absolute Gasteiger partial charge is 0.380 e. The Balaban J connectivity index is 1.83. The van der Waals surface area contributed by atoms with Gasteiger partial charge in [-0.25, -0.2) is 0 Å². The maximum absolute atomic E-state index is 13.1. The Labute approximate surface area is 163 Å². The van der Waals surface area contributed by atoms with Crippen molar-refractivity contribution < 1.29 is 13.5 Å². The number of rotatable bonds is 3. The minimum absolute atomic E-state index is 0.180. The summed E-state index contributed by atoms with van der Waals surface area (Å²) in [5.41, 5.74) is 1.44. The second-order valence-electron chi connectivity index (χ2n) is 6.89. The van der Waals surface area contributed by atoms with E-state index in [9.17, 15) is 13.5 Å². The molecular weight excluding hydrogens is 384 g/mol. The minimum Gasteiger partial charge on any atom is -0.380 e. The number of benzene rings is 2. The summed E-state index contributed by atoms with van der Waals surface area (Å²) in [6.45, 7) is 1.90. The third kappa shape index (κ3) is 2.98. The highest BCUT2D eigenvalue weighted by molar-refractivity contribution is 7.89. The normalized spacial score (nSPS) is 19.7. The second kappa shape index (κ2) is 6.48. The van der Waals surface area contributed by atoms with E-state index in [1.165, 1.54) is 6.20 Å². The zero-order valence-electron chi connectivity index (χ0n) is 14.8. The average molecular weight is 403 g/mol. The van der Waals surface area contributed by atoms with Gasteiger partial charge < -0.3 is 5.11 Å². The summed E-state index contributed by atoms with van der Waals surface area (Å²) < 4.78 is 27.2. The molecule has 0 saturated heterocycles. The molecule has 4 rings (SSSR count). The van der Waals surface area contributed by atoms with E-state index >= 15 is 0 Å². The summed E-state index contributed by atoms with van der Waals surface area (Å²) >= 11 is 5.96. The average Bonchev–Trinajstić information content (AvgIpc) is 3.09. The molecule has 7 heteroatoms. The zero-order valence-corrected chi connectivity index (χ0v) is 16.3. The van der Waals surface area contributed by atoms with Crippen LogP contribution in [0.3, 0.4) is 0 Å². The Morgan fingerprint density at radius 2 is 1.78 bits per heavy atom. The van der Waals surface area contributed by atoms with Gasteiger partial charge in [0.2, 0.25) is 0 Å². The van der Waals surface area contributed by atoms with Crippen molar-refractivity contribution >= 4 is 21.6 Å². The first-order chi connectivity index (χ1) is 12.8. The molecule has 0 fully saturated rings. The first kappa shape index (κ1) is 18.2. The molecule has 1 N–H and O–H groups in total. The third-order valence-electron chi connectivity index (χ3n) is 5.10. The van der Waals surface area contributed by atoms with Crippen molar-refractivity contribution in [2.24, 2.45) is 0 Å². The highest BCUT2D eigenvalue weighted by Crippen LogP contribution is 2.41. The Bertz CT molecular complexity index is 1090. The Hall–Kier alpha value is -2.15. The highest BCUT2D eigenvalue weighted by atomic mass is 35.5. The zero-order chi connectivity index (χ0) is 19.2. The number of hydrogen-bond donors (Lipinski definition) is 1. The summed E-state index contributed by atoms with van der Waals surface area (Å²) in [4.78, 5) is 0.180. The van der Waals surface area contributed by atoms with Gasteiger partial charge in [0.15, 0.2) is 0 Å². The summed E-state index contributed by atoms with van der Waals surface area (Å²) in [6, 6.07) is 13.6. The van der Waals surface area contributed by atoms with Crippen LogP contribution in [-0.2, 0) is 22.0 Å². The smallest absolute Gasteiger partial charge is 0.283 e. The summed E-state index contributed by atoms with van der Waals surface area (Å²) in [6.07, 6.45) is 3.16. The van der Waals surface area contributed by atoms with Crippen molar-refractivity contribution in [3.8, 4) is 0 Å². The van der Waals surface area contributed by atoms with E-state index in [4.69, 9.17) is 11.6 Å². The van der Waals surface area contributed by atoms with Crippen molar-refractivity contribution in [2.75, 3.05) is 0 Å². The summed E-state index contributed by atoms with van der Waals surface area (Å²) in [5, 5.41) is 16.1. The number of halogens is 1. The molecule has 0 spiro atoms. The first-order valence-corrected chi connectivity index (χ1v) is 10.5. The molecule has 1 heterocycles. The van der Waals surface area contributed by atoms with Crippen LogP contribution >= 0.6 is 11.6 Å². The van der Waals surface area contributed by atoms with E-state index in [0.29, 0.717) is 41.1 Å². The van der Waals surface area contributed by atoms with Crippen LogP contribution in [0.2, 0.25) is 5.02 Å². The summed E-state index contributed by atoms with van der Waals surface area (Å²) in [7, 11) is -3.82. The molecule has 140 valence electrons. The molecule has 1 aliphatic rings. The van der Waals surface area contributed by atoms with E-state index in [2.05, 4.69) is 5.10 Å². The lowest BCUT2D eigenvalue weighted by Gasteiger charge is -2.33. The van der Waals surface area contributed by atoms with Gasteiger partial charge in [-0.1, -0.05) is 41.4 Å². The molecule has 1 unspecified atom stereocenters. The van der Waals surface area contributed by atoms with Gasteiger partial charge in [0.05, 0.1) is 16.8 Å². The number of aromatic nitrogens is 2. The molecule has 1 atom stereocenters. The Morgan fingerprint density at radius 3 is 2.44 bits per heavy atom. The highest BCUT2D eigenvalue weighted by Gasteiger charge is 2.40. The van der Waals surface area contributed by atoms with Crippen molar-refractivity contribution in [1.82, 2.24) is 9.19 Å². The van der Waals surface area contributed by atoms with E-state index < -0.39 is 15.6 Å². The maximum Gasteiger partial charge on any atom is 0.283 e. The number of fused-ring (bicyclic) bond motifs is 1. The SMILES string of the molecule is Cc1ccc(S(=O)(=O)n2ncc3c2CCCC3(O)c2ccc(Cl)cc2)cc1. The monoisotopic (exact) mass is 402 g/mol.